The number of amides is 1. The topological polar surface area (TPSA) is 133 Å². The summed E-state index contributed by atoms with van der Waals surface area (Å²) in [5.74, 6) is -1.19. The van der Waals surface area contributed by atoms with Crippen molar-refractivity contribution >= 4 is 44.1 Å². The predicted octanol–water partition coefficient (Wildman–Crippen LogP) is 3.56. The molecule has 1 aliphatic rings. The van der Waals surface area contributed by atoms with Gasteiger partial charge in [-0.2, -0.15) is 0 Å². The molecule has 0 spiro atoms. The van der Waals surface area contributed by atoms with E-state index in [1.54, 1.807) is 30.0 Å². The number of benzene rings is 2. The summed E-state index contributed by atoms with van der Waals surface area (Å²) in [6.07, 6.45) is 2.90. The molecule has 42 heavy (non-hydrogen) atoms. The lowest BCUT2D eigenvalue weighted by Gasteiger charge is -2.29. The van der Waals surface area contributed by atoms with Crippen LogP contribution in [-0.4, -0.2) is 67.2 Å². The van der Waals surface area contributed by atoms with E-state index in [0.29, 0.717) is 48.3 Å². The predicted molar refractivity (Wildman–Crippen MR) is 155 cm³/mol. The molecule has 0 aliphatic carbocycles. The maximum absolute atomic E-state index is 13.5. The maximum Gasteiger partial charge on any atom is 0.263 e. The first-order valence-corrected chi connectivity index (χ1v) is 14.8. The normalized spacial score (nSPS) is 14.5. The first-order chi connectivity index (χ1) is 20.1. The second kappa shape index (κ2) is 12.0. The molecule has 0 bridgehead atoms. The van der Waals surface area contributed by atoms with Gasteiger partial charge in [-0.3, -0.25) is 18.9 Å². The lowest BCUT2D eigenvalue weighted by Crippen LogP contribution is -2.44. The van der Waals surface area contributed by atoms with Crippen molar-refractivity contribution in [3.8, 4) is 17.0 Å². The molecule has 1 saturated heterocycles. The standard InChI is InChI=1S/C28H27ClFN5O6S/c1-17(27(36)34-7-9-41-10-8-34)15-35-16-32-23-5-3-18(11-21(23)28(35)37)19-12-24(26(40-2)31-14-19)33-42(38,39)25-6-4-20(30)13-22(25)29/h3-6,11-14,16-17,33H,7-10,15H2,1-2H3/t17-/m1/s1. The fourth-order valence-electron chi connectivity index (χ4n) is 4.68. The highest BCUT2D eigenvalue weighted by Gasteiger charge is 2.24. The van der Waals surface area contributed by atoms with Gasteiger partial charge in [-0.15, -0.1) is 0 Å². The Kier molecular flexibility index (Phi) is 8.43. The number of pyridine rings is 1. The van der Waals surface area contributed by atoms with Crippen molar-refractivity contribution in [2.45, 2.75) is 18.4 Å². The largest absolute Gasteiger partial charge is 0.480 e. The van der Waals surface area contributed by atoms with Gasteiger partial charge in [-0.25, -0.2) is 22.8 Å². The van der Waals surface area contributed by atoms with E-state index in [-0.39, 0.29) is 39.5 Å². The van der Waals surface area contributed by atoms with Gasteiger partial charge in [0.05, 0.1) is 48.5 Å². The van der Waals surface area contributed by atoms with Crippen molar-refractivity contribution in [3.63, 3.8) is 0 Å². The summed E-state index contributed by atoms with van der Waals surface area (Å²) < 4.78 is 54.0. The second-order valence-electron chi connectivity index (χ2n) is 9.73. The third kappa shape index (κ3) is 6.08. The van der Waals surface area contributed by atoms with E-state index in [0.717, 1.165) is 18.2 Å². The minimum atomic E-state index is -4.24. The van der Waals surface area contributed by atoms with Crippen molar-refractivity contribution in [2.24, 2.45) is 5.92 Å². The molecule has 1 aliphatic heterocycles. The number of anilines is 1. The van der Waals surface area contributed by atoms with E-state index in [2.05, 4.69) is 14.7 Å². The zero-order chi connectivity index (χ0) is 30.0. The molecule has 11 nitrogen and oxygen atoms in total. The van der Waals surface area contributed by atoms with Gasteiger partial charge in [0.1, 0.15) is 16.4 Å². The summed E-state index contributed by atoms with van der Waals surface area (Å²) in [5.41, 5.74) is 1.19. The van der Waals surface area contributed by atoms with E-state index in [1.807, 2.05) is 0 Å². The number of methoxy groups -OCH3 is 1. The number of hydrogen-bond donors (Lipinski definition) is 1. The van der Waals surface area contributed by atoms with Gasteiger partial charge >= 0.3 is 0 Å². The molecular weight excluding hydrogens is 589 g/mol. The van der Waals surface area contributed by atoms with Gasteiger partial charge in [-0.05, 0) is 42.0 Å². The second-order valence-corrected chi connectivity index (χ2v) is 11.8. The minimum Gasteiger partial charge on any atom is -0.480 e. The number of halogens is 2. The number of aromatic nitrogens is 3. The van der Waals surface area contributed by atoms with Gasteiger partial charge in [0.15, 0.2) is 0 Å². The van der Waals surface area contributed by atoms with Crippen molar-refractivity contribution < 1.29 is 27.1 Å². The van der Waals surface area contributed by atoms with Crippen LogP contribution in [0, 0.1) is 11.7 Å². The Morgan fingerprint density at radius 1 is 1.14 bits per heavy atom. The summed E-state index contributed by atoms with van der Waals surface area (Å²) in [6.45, 7) is 3.94. The lowest BCUT2D eigenvalue weighted by molar-refractivity contribution is -0.139. The van der Waals surface area contributed by atoms with Crippen LogP contribution in [-0.2, 0) is 26.1 Å². The molecule has 3 heterocycles. The molecule has 1 amide bonds. The van der Waals surface area contributed by atoms with Crippen LogP contribution >= 0.6 is 11.6 Å². The lowest BCUT2D eigenvalue weighted by atomic mass is 10.0. The fourth-order valence-corrected chi connectivity index (χ4v) is 6.26. The van der Waals surface area contributed by atoms with Crippen LogP contribution < -0.4 is 15.0 Å². The molecule has 220 valence electrons. The maximum atomic E-state index is 13.5. The molecule has 1 N–H and O–H groups in total. The molecule has 1 fully saturated rings. The molecule has 14 heteroatoms. The van der Waals surface area contributed by atoms with Gasteiger partial charge in [0.2, 0.25) is 11.8 Å². The summed E-state index contributed by atoms with van der Waals surface area (Å²) in [6, 6.07) is 9.47. The Morgan fingerprint density at radius 3 is 2.62 bits per heavy atom. The number of morpholine rings is 1. The zero-order valence-electron chi connectivity index (χ0n) is 22.7. The first-order valence-electron chi connectivity index (χ1n) is 13.0. The Balaban J connectivity index is 1.45. The van der Waals surface area contributed by atoms with Crippen molar-refractivity contribution in [2.75, 3.05) is 38.1 Å². The number of nitrogens with zero attached hydrogens (tertiary/aromatic N) is 4. The van der Waals surface area contributed by atoms with E-state index < -0.39 is 21.8 Å². The van der Waals surface area contributed by atoms with Crippen LogP contribution in [0.4, 0.5) is 10.1 Å². The number of carbonyl (C=O) groups is 1. The smallest absolute Gasteiger partial charge is 0.263 e. The highest BCUT2D eigenvalue weighted by molar-refractivity contribution is 7.92. The van der Waals surface area contributed by atoms with Crippen LogP contribution in [0.5, 0.6) is 5.88 Å². The van der Waals surface area contributed by atoms with Crippen LogP contribution in [0.1, 0.15) is 6.92 Å². The van der Waals surface area contributed by atoms with Gasteiger partial charge in [0, 0.05) is 31.4 Å². The highest BCUT2D eigenvalue weighted by Crippen LogP contribution is 2.32. The number of rotatable bonds is 8. The molecule has 4 aromatic rings. The molecule has 0 unspecified atom stereocenters. The number of ether oxygens (including phenoxy) is 2. The van der Waals surface area contributed by atoms with E-state index in [4.69, 9.17) is 21.1 Å². The SMILES string of the molecule is COc1ncc(-c2ccc3ncn(C[C@@H](C)C(=O)N4CCOCC4)c(=O)c3c2)cc1NS(=O)(=O)c1ccc(F)cc1Cl. The van der Waals surface area contributed by atoms with E-state index in [9.17, 15) is 22.4 Å². The number of sulfonamides is 1. The van der Waals surface area contributed by atoms with Crippen molar-refractivity contribution in [1.82, 2.24) is 19.4 Å². The van der Waals surface area contributed by atoms with Gasteiger partial charge in [-0.1, -0.05) is 24.6 Å². The van der Waals surface area contributed by atoms with Crippen molar-refractivity contribution in [1.29, 1.82) is 0 Å². The third-order valence-electron chi connectivity index (χ3n) is 6.84. The van der Waals surface area contributed by atoms with Crippen LogP contribution in [0.3, 0.4) is 0 Å². The van der Waals surface area contributed by atoms with Crippen LogP contribution in [0.2, 0.25) is 5.02 Å². The van der Waals surface area contributed by atoms with Gasteiger partial charge < -0.3 is 14.4 Å². The summed E-state index contributed by atoms with van der Waals surface area (Å²) in [5, 5.41) is 0.0296. The number of carbonyl (C=O) groups excluding carboxylic acids is 1. The number of fused-ring (bicyclic) bond motifs is 1. The molecule has 0 radical (unpaired) electrons. The Bertz CT molecular complexity index is 1830. The number of nitrogens with one attached hydrogen (secondary N) is 1. The van der Waals surface area contributed by atoms with Crippen LogP contribution in [0.25, 0.3) is 22.0 Å². The molecule has 0 saturated carbocycles. The molecular formula is C28H27ClFN5O6S. The third-order valence-corrected chi connectivity index (χ3v) is 8.69. The quantitative estimate of drug-likeness (QED) is 0.318. The molecule has 1 atom stereocenters. The monoisotopic (exact) mass is 615 g/mol. The average molecular weight is 616 g/mol. The average Bonchev–Trinajstić information content (AvgIpc) is 2.98. The molecule has 5 rings (SSSR count). The highest BCUT2D eigenvalue weighted by atomic mass is 35.5. The van der Waals surface area contributed by atoms with Crippen LogP contribution in [0.15, 0.2) is 64.7 Å². The Hall–Kier alpha value is -4.07. The summed E-state index contributed by atoms with van der Waals surface area (Å²) in [7, 11) is -2.90. The summed E-state index contributed by atoms with van der Waals surface area (Å²) >= 11 is 5.98. The zero-order valence-corrected chi connectivity index (χ0v) is 24.3. The molecule has 2 aromatic carbocycles. The Morgan fingerprint density at radius 2 is 1.90 bits per heavy atom. The van der Waals surface area contributed by atoms with E-state index in [1.165, 1.54) is 30.3 Å². The van der Waals surface area contributed by atoms with Gasteiger partial charge in [0.25, 0.3) is 15.6 Å². The van der Waals surface area contributed by atoms with E-state index >= 15 is 0 Å². The minimum absolute atomic E-state index is 0.00883. The Labute approximate surface area is 245 Å². The fraction of sp³-hybridized carbons (Fsp3) is 0.286. The first kappa shape index (κ1) is 29.4. The molecule has 2 aromatic heterocycles. The van der Waals surface area contributed by atoms with Crippen molar-refractivity contribution in [3.05, 3.63) is 76.2 Å². The summed E-state index contributed by atoms with van der Waals surface area (Å²) in [4.78, 5) is 36.3. The number of hydrogen-bond acceptors (Lipinski definition) is 8.